The fraction of sp³-hybridized carbons (Fsp3) is 0.333. The average Bonchev–Trinajstić information content (AvgIpc) is 2.70. The van der Waals surface area contributed by atoms with Crippen LogP contribution >= 0.6 is 0 Å². The van der Waals surface area contributed by atoms with E-state index in [1.165, 1.54) is 0 Å². The van der Waals surface area contributed by atoms with Gasteiger partial charge in [-0.2, -0.15) is 0 Å². The summed E-state index contributed by atoms with van der Waals surface area (Å²) in [7, 11) is 0. The maximum absolute atomic E-state index is 12.6. The van der Waals surface area contributed by atoms with E-state index < -0.39 is 6.10 Å². The van der Waals surface area contributed by atoms with Crippen LogP contribution in [0.1, 0.15) is 22.8 Å². The van der Waals surface area contributed by atoms with Crippen molar-refractivity contribution in [3.05, 3.63) is 59.7 Å². The molecule has 1 saturated heterocycles. The molecule has 0 unspecified atom stereocenters. The SMILES string of the molecule is Cc1ccc(O[C@@H](C)C(=O)Nc2cccc(C(=O)N3CCOCC3)c2)cc1. The summed E-state index contributed by atoms with van der Waals surface area (Å²) in [5.41, 5.74) is 2.24. The van der Waals surface area contributed by atoms with Gasteiger partial charge in [0.25, 0.3) is 11.8 Å². The van der Waals surface area contributed by atoms with Crippen molar-refractivity contribution in [2.75, 3.05) is 31.6 Å². The Morgan fingerprint density at radius 3 is 2.52 bits per heavy atom. The van der Waals surface area contributed by atoms with Crippen LogP contribution in [0.5, 0.6) is 5.75 Å². The highest BCUT2D eigenvalue weighted by molar-refractivity contribution is 5.98. The van der Waals surface area contributed by atoms with Gasteiger partial charge in [0.1, 0.15) is 5.75 Å². The predicted molar refractivity (Wildman–Crippen MR) is 103 cm³/mol. The topological polar surface area (TPSA) is 67.9 Å². The van der Waals surface area contributed by atoms with E-state index in [4.69, 9.17) is 9.47 Å². The Bertz CT molecular complexity index is 798. The summed E-state index contributed by atoms with van der Waals surface area (Å²) < 4.78 is 11.0. The van der Waals surface area contributed by atoms with Crippen molar-refractivity contribution >= 4 is 17.5 Å². The Labute approximate surface area is 159 Å². The number of hydrogen-bond acceptors (Lipinski definition) is 4. The zero-order valence-electron chi connectivity index (χ0n) is 15.6. The molecule has 0 saturated carbocycles. The molecular weight excluding hydrogens is 344 g/mol. The number of benzene rings is 2. The third-order valence-electron chi connectivity index (χ3n) is 4.38. The third kappa shape index (κ3) is 5.08. The lowest BCUT2D eigenvalue weighted by Crippen LogP contribution is -2.40. The Balaban J connectivity index is 1.61. The van der Waals surface area contributed by atoms with Crippen molar-refractivity contribution in [2.24, 2.45) is 0 Å². The largest absolute Gasteiger partial charge is 0.481 e. The van der Waals surface area contributed by atoms with Crippen LogP contribution < -0.4 is 10.1 Å². The normalized spacial score (nSPS) is 15.1. The molecule has 3 rings (SSSR count). The number of carbonyl (C=O) groups excluding carboxylic acids is 2. The van der Waals surface area contributed by atoms with Crippen molar-refractivity contribution in [3.63, 3.8) is 0 Å². The number of morpholine rings is 1. The number of rotatable bonds is 5. The Kier molecular flexibility index (Phi) is 6.08. The van der Waals surface area contributed by atoms with E-state index in [1.807, 2.05) is 31.2 Å². The van der Waals surface area contributed by atoms with E-state index in [2.05, 4.69) is 5.32 Å². The van der Waals surface area contributed by atoms with Crippen molar-refractivity contribution in [1.82, 2.24) is 4.90 Å². The molecule has 0 bridgehead atoms. The maximum Gasteiger partial charge on any atom is 0.265 e. The van der Waals surface area contributed by atoms with E-state index in [9.17, 15) is 9.59 Å². The second kappa shape index (κ2) is 8.68. The van der Waals surface area contributed by atoms with Gasteiger partial charge < -0.3 is 19.7 Å². The number of nitrogens with one attached hydrogen (secondary N) is 1. The van der Waals surface area contributed by atoms with Crippen molar-refractivity contribution in [3.8, 4) is 5.75 Å². The molecule has 1 aliphatic rings. The molecule has 1 N–H and O–H groups in total. The number of carbonyl (C=O) groups is 2. The first kappa shape index (κ1) is 18.9. The number of ether oxygens (including phenoxy) is 2. The molecule has 0 aromatic heterocycles. The van der Waals surface area contributed by atoms with Crippen LogP contribution in [0, 0.1) is 6.92 Å². The van der Waals surface area contributed by atoms with Crippen LogP contribution in [0.3, 0.4) is 0 Å². The molecule has 1 atom stereocenters. The number of amides is 2. The summed E-state index contributed by atoms with van der Waals surface area (Å²) in [6, 6.07) is 14.5. The number of nitrogens with zero attached hydrogens (tertiary/aromatic N) is 1. The first-order valence-electron chi connectivity index (χ1n) is 9.04. The summed E-state index contributed by atoms with van der Waals surface area (Å²) in [6.07, 6.45) is -0.661. The molecule has 1 fully saturated rings. The van der Waals surface area contributed by atoms with Crippen LogP contribution in [-0.4, -0.2) is 49.1 Å². The highest BCUT2D eigenvalue weighted by Gasteiger charge is 2.20. The lowest BCUT2D eigenvalue weighted by molar-refractivity contribution is -0.122. The van der Waals surface area contributed by atoms with E-state index in [1.54, 1.807) is 36.1 Å². The predicted octanol–water partition coefficient (Wildman–Crippen LogP) is 2.87. The van der Waals surface area contributed by atoms with Crippen LogP contribution in [-0.2, 0) is 9.53 Å². The van der Waals surface area contributed by atoms with Gasteiger partial charge in [0, 0.05) is 24.3 Å². The van der Waals surface area contributed by atoms with E-state index in [0.717, 1.165) is 5.56 Å². The number of anilines is 1. The smallest absolute Gasteiger partial charge is 0.265 e. The van der Waals surface area contributed by atoms with Gasteiger partial charge in [-0.05, 0) is 44.2 Å². The maximum atomic E-state index is 12.6. The Morgan fingerprint density at radius 2 is 1.81 bits per heavy atom. The molecular formula is C21H24N2O4. The van der Waals surface area contributed by atoms with Crippen LogP contribution in [0.25, 0.3) is 0 Å². The first-order valence-corrected chi connectivity index (χ1v) is 9.04. The lowest BCUT2D eigenvalue weighted by Gasteiger charge is -2.27. The molecule has 6 heteroatoms. The second-order valence-corrected chi connectivity index (χ2v) is 6.55. The zero-order valence-corrected chi connectivity index (χ0v) is 15.6. The number of hydrogen-bond donors (Lipinski definition) is 1. The van der Waals surface area contributed by atoms with Gasteiger partial charge in [-0.1, -0.05) is 23.8 Å². The van der Waals surface area contributed by atoms with Gasteiger partial charge >= 0.3 is 0 Å². The molecule has 6 nitrogen and oxygen atoms in total. The van der Waals surface area contributed by atoms with Gasteiger partial charge in [-0.15, -0.1) is 0 Å². The Hall–Kier alpha value is -2.86. The minimum absolute atomic E-state index is 0.0571. The standard InChI is InChI=1S/C21H24N2O4/c1-15-6-8-19(9-7-15)27-16(2)20(24)22-18-5-3-4-17(14-18)21(25)23-10-12-26-13-11-23/h3-9,14,16H,10-13H2,1-2H3,(H,22,24)/t16-/m0/s1. The molecule has 2 aromatic carbocycles. The van der Waals surface area contributed by atoms with E-state index in [0.29, 0.717) is 43.3 Å². The van der Waals surface area contributed by atoms with Gasteiger partial charge in [0.15, 0.2) is 6.10 Å². The molecule has 0 radical (unpaired) electrons. The number of aryl methyl sites for hydroxylation is 1. The molecule has 2 aromatic rings. The lowest BCUT2D eigenvalue weighted by atomic mass is 10.1. The Morgan fingerprint density at radius 1 is 1.11 bits per heavy atom. The third-order valence-corrected chi connectivity index (χ3v) is 4.38. The van der Waals surface area contributed by atoms with Crippen LogP contribution in [0.2, 0.25) is 0 Å². The second-order valence-electron chi connectivity index (χ2n) is 6.55. The first-order chi connectivity index (χ1) is 13.0. The summed E-state index contributed by atoms with van der Waals surface area (Å²) in [4.78, 5) is 26.7. The van der Waals surface area contributed by atoms with E-state index in [-0.39, 0.29) is 11.8 Å². The molecule has 1 aliphatic heterocycles. The summed E-state index contributed by atoms with van der Waals surface area (Å²) in [5, 5.41) is 2.81. The molecule has 2 amide bonds. The fourth-order valence-electron chi connectivity index (χ4n) is 2.80. The van der Waals surface area contributed by atoms with Crippen LogP contribution in [0.15, 0.2) is 48.5 Å². The molecule has 1 heterocycles. The van der Waals surface area contributed by atoms with Gasteiger partial charge in [-0.3, -0.25) is 9.59 Å². The fourth-order valence-corrected chi connectivity index (χ4v) is 2.80. The highest BCUT2D eigenvalue weighted by atomic mass is 16.5. The molecule has 27 heavy (non-hydrogen) atoms. The minimum atomic E-state index is -0.661. The summed E-state index contributed by atoms with van der Waals surface area (Å²) in [5.74, 6) is 0.310. The molecule has 142 valence electrons. The monoisotopic (exact) mass is 368 g/mol. The van der Waals surface area contributed by atoms with Gasteiger partial charge in [0.05, 0.1) is 13.2 Å². The highest BCUT2D eigenvalue weighted by Crippen LogP contribution is 2.16. The minimum Gasteiger partial charge on any atom is -0.481 e. The van der Waals surface area contributed by atoms with Crippen LogP contribution in [0.4, 0.5) is 5.69 Å². The van der Waals surface area contributed by atoms with Crippen molar-refractivity contribution in [2.45, 2.75) is 20.0 Å². The summed E-state index contributed by atoms with van der Waals surface area (Å²) >= 11 is 0. The summed E-state index contributed by atoms with van der Waals surface area (Å²) in [6.45, 7) is 5.95. The zero-order chi connectivity index (χ0) is 19.2. The molecule has 0 aliphatic carbocycles. The average molecular weight is 368 g/mol. The molecule has 0 spiro atoms. The van der Waals surface area contributed by atoms with Gasteiger partial charge in [-0.25, -0.2) is 0 Å². The van der Waals surface area contributed by atoms with Crippen molar-refractivity contribution in [1.29, 1.82) is 0 Å². The van der Waals surface area contributed by atoms with Crippen molar-refractivity contribution < 1.29 is 19.1 Å². The van der Waals surface area contributed by atoms with Gasteiger partial charge in [0.2, 0.25) is 0 Å². The van der Waals surface area contributed by atoms with E-state index >= 15 is 0 Å². The quantitative estimate of drug-likeness (QED) is 0.881.